The third kappa shape index (κ3) is 2.91. The Balaban J connectivity index is 2.03. The molecule has 0 bridgehead atoms. The van der Waals surface area contributed by atoms with Gasteiger partial charge < -0.3 is 10.5 Å². The molecule has 21 heavy (non-hydrogen) atoms. The lowest BCUT2D eigenvalue weighted by atomic mass is 9.90. The molecule has 0 spiro atoms. The van der Waals surface area contributed by atoms with Crippen molar-refractivity contribution in [2.45, 2.75) is 12.5 Å². The van der Waals surface area contributed by atoms with Crippen LogP contribution in [0.2, 0.25) is 5.02 Å². The first-order valence-corrected chi connectivity index (χ1v) is 7.08. The predicted octanol–water partition coefficient (Wildman–Crippen LogP) is 3.00. The predicted molar refractivity (Wildman–Crippen MR) is 84.5 cm³/mol. The number of aromatic nitrogens is 1. The van der Waals surface area contributed by atoms with Crippen molar-refractivity contribution in [3.05, 3.63) is 53.3 Å². The van der Waals surface area contributed by atoms with Crippen molar-refractivity contribution in [2.24, 2.45) is 10.7 Å². The zero-order valence-electron chi connectivity index (χ0n) is 11.7. The van der Waals surface area contributed by atoms with Gasteiger partial charge in [0.05, 0.1) is 11.6 Å². The molecule has 0 fully saturated rings. The minimum atomic E-state index is -0.454. The second kappa shape index (κ2) is 5.47. The third-order valence-electron chi connectivity index (χ3n) is 3.55. The van der Waals surface area contributed by atoms with Crippen molar-refractivity contribution < 1.29 is 4.74 Å². The first-order chi connectivity index (χ1) is 10.1. The summed E-state index contributed by atoms with van der Waals surface area (Å²) in [6.07, 6.45) is 3.42. The lowest BCUT2D eigenvalue weighted by molar-refractivity contribution is 0.106. The summed E-state index contributed by atoms with van der Waals surface area (Å²) in [4.78, 5) is 8.69. The molecule has 0 amide bonds. The highest BCUT2D eigenvalue weighted by atomic mass is 35.5. The van der Waals surface area contributed by atoms with Crippen molar-refractivity contribution in [3.63, 3.8) is 0 Å². The zero-order chi connectivity index (χ0) is 14.9. The Hall–Kier alpha value is -1.91. The topological polar surface area (TPSA) is 60.5 Å². The van der Waals surface area contributed by atoms with E-state index >= 15 is 0 Å². The second-order valence-electron chi connectivity index (χ2n) is 5.34. The number of benzene rings is 1. The fourth-order valence-corrected chi connectivity index (χ4v) is 2.66. The highest BCUT2D eigenvalue weighted by Crippen LogP contribution is 2.31. The van der Waals surface area contributed by atoms with E-state index in [4.69, 9.17) is 22.1 Å². The lowest BCUT2D eigenvalue weighted by Crippen LogP contribution is -2.37. The molecule has 0 saturated heterocycles. The SMILES string of the molecule is CC1(c2cccc(-c3cncc(Cl)c3)c2)COCC(N)=N1. The number of ether oxygens (including phenoxy) is 1. The van der Waals surface area contributed by atoms with Crippen molar-refractivity contribution in [3.8, 4) is 11.1 Å². The van der Waals surface area contributed by atoms with Crippen LogP contribution in [0.3, 0.4) is 0 Å². The largest absolute Gasteiger partial charge is 0.386 e. The van der Waals surface area contributed by atoms with Gasteiger partial charge >= 0.3 is 0 Å². The van der Waals surface area contributed by atoms with Gasteiger partial charge in [-0.3, -0.25) is 9.98 Å². The maximum Gasteiger partial charge on any atom is 0.121 e. The van der Waals surface area contributed by atoms with Gasteiger partial charge in [-0.15, -0.1) is 0 Å². The molecule has 3 rings (SSSR count). The molecule has 1 aromatic carbocycles. The molecule has 1 unspecified atom stereocenters. The van der Waals surface area contributed by atoms with Gasteiger partial charge in [0, 0.05) is 18.0 Å². The number of halogens is 1. The Morgan fingerprint density at radius 2 is 2.10 bits per heavy atom. The van der Waals surface area contributed by atoms with Crippen LogP contribution in [0.1, 0.15) is 12.5 Å². The van der Waals surface area contributed by atoms with Crippen LogP contribution >= 0.6 is 11.6 Å². The van der Waals surface area contributed by atoms with Crippen molar-refractivity contribution in [2.75, 3.05) is 13.2 Å². The number of pyridine rings is 1. The number of nitrogens with zero attached hydrogens (tertiary/aromatic N) is 2. The molecule has 1 atom stereocenters. The number of aliphatic imine (C=N–C) groups is 1. The highest BCUT2D eigenvalue weighted by molar-refractivity contribution is 6.30. The Morgan fingerprint density at radius 1 is 1.24 bits per heavy atom. The molecule has 1 aliphatic rings. The zero-order valence-corrected chi connectivity index (χ0v) is 12.5. The molecule has 2 N–H and O–H groups in total. The van der Waals surface area contributed by atoms with Gasteiger partial charge in [-0.05, 0) is 30.2 Å². The molecule has 0 saturated carbocycles. The molecule has 0 radical (unpaired) electrons. The molecule has 1 aliphatic heterocycles. The second-order valence-corrected chi connectivity index (χ2v) is 5.78. The van der Waals surface area contributed by atoms with Crippen LogP contribution < -0.4 is 5.73 Å². The summed E-state index contributed by atoms with van der Waals surface area (Å²) in [5.41, 5.74) is 8.44. The lowest BCUT2D eigenvalue weighted by Gasteiger charge is -2.30. The van der Waals surface area contributed by atoms with E-state index in [-0.39, 0.29) is 0 Å². The Kier molecular flexibility index (Phi) is 3.66. The van der Waals surface area contributed by atoms with Gasteiger partial charge in [-0.2, -0.15) is 0 Å². The summed E-state index contributed by atoms with van der Waals surface area (Å²) in [5.74, 6) is 0.526. The number of rotatable bonds is 2. The fraction of sp³-hybridized carbons (Fsp3) is 0.250. The van der Waals surface area contributed by atoms with Gasteiger partial charge in [0.2, 0.25) is 0 Å². The Labute approximate surface area is 128 Å². The normalized spacial score (nSPS) is 21.9. The fourth-order valence-electron chi connectivity index (χ4n) is 2.49. The minimum Gasteiger partial charge on any atom is -0.386 e. The molecule has 0 aliphatic carbocycles. The molecule has 108 valence electrons. The van der Waals surface area contributed by atoms with Crippen molar-refractivity contribution in [1.82, 2.24) is 4.98 Å². The monoisotopic (exact) mass is 301 g/mol. The maximum atomic E-state index is 6.01. The maximum absolute atomic E-state index is 6.01. The first-order valence-electron chi connectivity index (χ1n) is 6.70. The van der Waals surface area contributed by atoms with E-state index < -0.39 is 5.54 Å². The summed E-state index contributed by atoms with van der Waals surface area (Å²) in [5, 5.41) is 0.618. The summed E-state index contributed by atoms with van der Waals surface area (Å²) < 4.78 is 5.53. The smallest absolute Gasteiger partial charge is 0.121 e. The van der Waals surface area contributed by atoms with E-state index in [0.29, 0.717) is 24.1 Å². The van der Waals surface area contributed by atoms with E-state index in [0.717, 1.165) is 16.7 Å². The van der Waals surface area contributed by atoms with Gasteiger partial charge in [0.15, 0.2) is 0 Å². The van der Waals surface area contributed by atoms with Gasteiger partial charge in [-0.25, -0.2) is 0 Å². The molecule has 2 aromatic rings. The van der Waals surface area contributed by atoms with Gasteiger partial charge in [0.25, 0.3) is 0 Å². The van der Waals surface area contributed by atoms with Crippen LogP contribution in [0.15, 0.2) is 47.7 Å². The third-order valence-corrected chi connectivity index (χ3v) is 3.75. The van der Waals surface area contributed by atoms with E-state index in [1.54, 1.807) is 12.4 Å². The quantitative estimate of drug-likeness (QED) is 0.927. The van der Waals surface area contributed by atoms with Crippen LogP contribution in [0.25, 0.3) is 11.1 Å². The van der Waals surface area contributed by atoms with E-state index in [1.165, 1.54) is 0 Å². The molecular formula is C16H16ClN3O. The summed E-state index contributed by atoms with van der Waals surface area (Å²) >= 11 is 6.01. The number of nitrogens with two attached hydrogens (primary N) is 1. The molecule has 1 aromatic heterocycles. The first kappa shape index (κ1) is 14.0. The average molecular weight is 302 g/mol. The highest BCUT2D eigenvalue weighted by Gasteiger charge is 2.30. The number of hydrogen-bond donors (Lipinski definition) is 1. The van der Waals surface area contributed by atoms with Crippen LogP contribution in [0.5, 0.6) is 0 Å². The summed E-state index contributed by atoms with van der Waals surface area (Å²) in [6.45, 7) is 2.94. The van der Waals surface area contributed by atoms with Crippen molar-refractivity contribution in [1.29, 1.82) is 0 Å². The van der Waals surface area contributed by atoms with Gasteiger partial charge in [0.1, 0.15) is 18.0 Å². The standard InChI is InChI=1S/C16H16ClN3O/c1-16(10-21-9-15(18)20-16)13-4-2-3-11(5-13)12-6-14(17)8-19-7-12/h2-8H,9-10H2,1H3,(H2,18,20). The Morgan fingerprint density at radius 3 is 2.86 bits per heavy atom. The number of amidine groups is 1. The number of hydrogen-bond acceptors (Lipinski definition) is 4. The van der Waals surface area contributed by atoms with Gasteiger partial charge in [-0.1, -0.05) is 29.8 Å². The minimum absolute atomic E-state index is 0.396. The molecule has 2 heterocycles. The van der Waals surface area contributed by atoms with Crippen LogP contribution in [0.4, 0.5) is 0 Å². The summed E-state index contributed by atoms with van der Waals surface area (Å²) in [7, 11) is 0. The molecule has 4 nitrogen and oxygen atoms in total. The van der Waals surface area contributed by atoms with E-state index in [1.807, 2.05) is 31.2 Å². The van der Waals surface area contributed by atoms with E-state index in [2.05, 4.69) is 16.0 Å². The Bertz CT molecular complexity index is 701. The van der Waals surface area contributed by atoms with Crippen LogP contribution in [0, 0.1) is 0 Å². The molecular weight excluding hydrogens is 286 g/mol. The van der Waals surface area contributed by atoms with E-state index in [9.17, 15) is 0 Å². The van der Waals surface area contributed by atoms with Crippen LogP contribution in [-0.2, 0) is 10.3 Å². The summed E-state index contributed by atoms with van der Waals surface area (Å²) in [6, 6.07) is 10.0. The molecule has 5 heteroatoms. The average Bonchev–Trinajstić information content (AvgIpc) is 2.47. The van der Waals surface area contributed by atoms with Crippen molar-refractivity contribution >= 4 is 17.4 Å². The van der Waals surface area contributed by atoms with Crippen LogP contribution in [-0.4, -0.2) is 24.0 Å².